The molecule has 0 spiro atoms. The number of aliphatic hydroxyl groups is 5. The molecule has 1 amide bonds. The van der Waals surface area contributed by atoms with E-state index in [9.17, 15) is 30.3 Å². The van der Waals surface area contributed by atoms with Gasteiger partial charge in [-0.2, -0.15) is 0 Å². The third kappa shape index (κ3) is 58.0. The number of aliphatic hydroxyl groups excluding tert-OH is 5. The molecular formula is C83H145NO8. The third-order valence-electron chi connectivity index (χ3n) is 17.8. The van der Waals surface area contributed by atoms with E-state index in [1.165, 1.54) is 212 Å². The summed E-state index contributed by atoms with van der Waals surface area (Å²) < 4.78 is 11.3. The van der Waals surface area contributed by atoms with Gasteiger partial charge in [0.15, 0.2) is 6.29 Å². The first-order valence-corrected chi connectivity index (χ1v) is 38.8. The lowest BCUT2D eigenvalue weighted by atomic mass is 9.99. The Bertz CT molecular complexity index is 1880. The minimum Gasteiger partial charge on any atom is -0.394 e. The van der Waals surface area contributed by atoms with Crippen molar-refractivity contribution in [2.75, 3.05) is 13.2 Å². The first-order chi connectivity index (χ1) is 45.3. The predicted molar refractivity (Wildman–Crippen MR) is 396 cm³/mol. The Kier molecular flexibility index (Phi) is 66.3. The van der Waals surface area contributed by atoms with Crippen molar-refractivity contribution in [2.24, 2.45) is 0 Å². The number of nitrogens with one attached hydrogen (secondary N) is 1. The smallest absolute Gasteiger partial charge is 0.220 e. The first kappa shape index (κ1) is 86.6. The highest BCUT2D eigenvalue weighted by Gasteiger charge is 2.44. The Morgan fingerprint density at radius 2 is 0.674 bits per heavy atom. The van der Waals surface area contributed by atoms with E-state index in [1.807, 2.05) is 6.08 Å². The number of hydrogen-bond donors (Lipinski definition) is 6. The van der Waals surface area contributed by atoms with Gasteiger partial charge >= 0.3 is 0 Å². The van der Waals surface area contributed by atoms with Crippen molar-refractivity contribution in [3.63, 3.8) is 0 Å². The molecule has 7 unspecified atom stereocenters. The van der Waals surface area contributed by atoms with Gasteiger partial charge in [0, 0.05) is 6.42 Å². The molecule has 1 aliphatic rings. The molecule has 92 heavy (non-hydrogen) atoms. The van der Waals surface area contributed by atoms with Crippen LogP contribution >= 0.6 is 0 Å². The Morgan fingerprint density at radius 3 is 1.00 bits per heavy atom. The highest BCUT2D eigenvalue weighted by molar-refractivity contribution is 5.76. The summed E-state index contributed by atoms with van der Waals surface area (Å²) in [6, 6.07) is -0.819. The highest BCUT2D eigenvalue weighted by atomic mass is 16.7. The lowest BCUT2D eigenvalue weighted by Gasteiger charge is -2.40. The fourth-order valence-corrected chi connectivity index (χ4v) is 11.8. The van der Waals surface area contributed by atoms with Gasteiger partial charge in [0.1, 0.15) is 24.4 Å². The summed E-state index contributed by atoms with van der Waals surface area (Å²) >= 11 is 0. The molecule has 7 atom stereocenters. The molecule has 1 aliphatic heterocycles. The zero-order valence-corrected chi connectivity index (χ0v) is 59.5. The van der Waals surface area contributed by atoms with Crippen LogP contribution in [-0.2, 0) is 14.3 Å². The molecule has 1 rings (SSSR count). The van der Waals surface area contributed by atoms with Crippen LogP contribution in [0.5, 0.6) is 0 Å². The van der Waals surface area contributed by atoms with Crippen LogP contribution in [-0.4, -0.2) is 87.5 Å². The Morgan fingerprint density at radius 1 is 0.380 bits per heavy atom. The van der Waals surface area contributed by atoms with E-state index in [0.29, 0.717) is 6.42 Å². The fraction of sp³-hybridized carbons (Fsp3) is 0.747. The van der Waals surface area contributed by atoms with Crippen molar-refractivity contribution in [1.82, 2.24) is 5.32 Å². The zero-order valence-electron chi connectivity index (χ0n) is 59.5. The number of carbonyl (C=O) groups is 1. The van der Waals surface area contributed by atoms with Crippen molar-refractivity contribution >= 4 is 5.91 Å². The summed E-state index contributed by atoms with van der Waals surface area (Å²) in [5.41, 5.74) is 0. The SMILES string of the molecule is CC/C=C\C/C=C\C/C=C\C/C=C\C/C=C\C/C=C\C/C=C\C/C=C\C/C=C\CCCCCCCCCCCC(=O)NC(COC1OC(CO)C(O)C(O)C1O)C(O)/C=C/CCCCCCCCCCCCCCCCCCCCCCCCCCCCCCCC. The van der Waals surface area contributed by atoms with Gasteiger partial charge < -0.3 is 40.3 Å². The van der Waals surface area contributed by atoms with Gasteiger partial charge in [0.25, 0.3) is 0 Å². The minimum atomic E-state index is -1.58. The van der Waals surface area contributed by atoms with Crippen LogP contribution in [0.1, 0.15) is 341 Å². The summed E-state index contributed by atoms with van der Waals surface area (Å²) in [6.45, 7) is 3.70. The summed E-state index contributed by atoms with van der Waals surface area (Å²) in [4.78, 5) is 13.2. The molecule has 0 aromatic carbocycles. The molecule has 6 N–H and O–H groups in total. The minimum absolute atomic E-state index is 0.184. The molecule has 1 saturated heterocycles. The molecule has 1 fully saturated rings. The van der Waals surface area contributed by atoms with E-state index in [2.05, 4.69) is 129 Å². The number of allylic oxidation sites excluding steroid dienone is 19. The number of ether oxygens (including phenoxy) is 2. The van der Waals surface area contributed by atoms with Gasteiger partial charge in [-0.1, -0.05) is 367 Å². The number of amides is 1. The van der Waals surface area contributed by atoms with Crippen LogP contribution in [0.25, 0.3) is 0 Å². The topological polar surface area (TPSA) is 149 Å². The van der Waals surface area contributed by atoms with Crippen LogP contribution in [0.2, 0.25) is 0 Å². The molecule has 0 aliphatic carbocycles. The number of hydrogen-bond acceptors (Lipinski definition) is 8. The van der Waals surface area contributed by atoms with Gasteiger partial charge in [0.2, 0.25) is 5.91 Å². The van der Waals surface area contributed by atoms with Crippen LogP contribution < -0.4 is 5.32 Å². The second-order valence-corrected chi connectivity index (χ2v) is 26.4. The largest absolute Gasteiger partial charge is 0.394 e. The number of unbranched alkanes of at least 4 members (excludes halogenated alkanes) is 39. The van der Waals surface area contributed by atoms with Gasteiger partial charge in [-0.25, -0.2) is 0 Å². The van der Waals surface area contributed by atoms with Crippen molar-refractivity contribution in [3.05, 3.63) is 122 Å². The van der Waals surface area contributed by atoms with Crippen LogP contribution in [0.4, 0.5) is 0 Å². The first-order valence-electron chi connectivity index (χ1n) is 38.8. The van der Waals surface area contributed by atoms with Crippen LogP contribution in [0, 0.1) is 0 Å². The second kappa shape index (κ2) is 70.4. The molecule has 0 radical (unpaired) electrons. The average molecular weight is 1290 g/mol. The fourth-order valence-electron chi connectivity index (χ4n) is 11.8. The second-order valence-electron chi connectivity index (χ2n) is 26.4. The standard InChI is InChI=1S/C83H145NO8/c1-3-5-7-9-11-13-15-17-19-21-23-25-27-29-31-33-35-37-38-39-40-41-43-45-47-49-51-53-55-57-59-61-63-65-67-69-71-73-79(87)84-76(75-91-83-82(90)81(89)80(88)78(74-85)92-83)77(86)72-70-68-66-64-62-60-58-56-54-52-50-48-46-44-42-36-34-32-30-28-26-24-22-20-18-16-14-12-10-8-6-4-2/h5,7,11,13,17,19,23,25,29,31,35,37,39-40,43,45,49,51,70,72,76-78,80-83,85-86,88-90H,3-4,6,8-10,12,14-16,18,20-22,24,26-28,30,32-34,36,38,41-42,44,46-48,50,52-69,71,73-75H2,1-2H3,(H,84,87)/b7-5-,13-11-,19-17-,25-23-,31-29-,37-35-,40-39-,45-43-,51-49-,72-70+. The summed E-state index contributed by atoms with van der Waals surface area (Å²) in [5.74, 6) is -0.184. The molecule has 0 aromatic rings. The normalized spacial score (nSPS) is 18.4. The lowest BCUT2D eigenvalue weighted by molar-refractivity contribution is -0.302. The predicted octanol–water partition coefficient (Wildman–Crippen LogP) is 22.1. The van der Waals surface area contributed by atoms with Gasteiger partial charge in [0.05, 0.1) is 25.4 Å². The number of rotatable bonds is 67. The Balaban J connectivity index is 2.13. The Hall–Kier alpha value is -3.41. The highest BCUT2D eigenvalue weighted by Crippen LogP contribution is 2.23. The summed E-state index contributed by atoms with van der Waals surface area (Å²) in [7, 11) is 0. The monoisotopic (exact) mass is 1280 g/mol. The van der Waals surface area contributed by atoms with E-state index in [1.54, 1.807) is 6.08 Å². The maximum Gasteiger partial charge on any atom is 0.220 e. The van der Waals surface area contributed by atoms with Gasteiger partial charge in [-0.05, 0) is 89.9 Å². The van der Waals surface area contributed by atoms with E-state index >= 15 is 0 Å². The van der Waals surface area contributed by atoms with Crippen molar-refractivity contribution in [2.45, 2.75) is 384 Å². The molecule has 9 nitrogen and oxygen atoms in total. The average Bonchev–Trinajstić information content (AvgIpc) is 1.00. The van der Waals surface area contributed by atoms with Crippen molar-refractivity contribution < 1.29 is 39.8 Å². The van der Waals surface area contributed by atoms with Gasteiger partial charge in [-0.15, -0.1) is 0 Å². The zero-order chi connectivity index (χ0) is 66.4. The van der Waals surface area contributed by atoms with Gasteiger partial charge in [-0.3, -0.25) is 4.79 Å². The maximum absolute atomic E-state index is 13.2. The quantitative estimate of drug-likeness (QED) is 0.0261. The maximum atomic E-state index is 13.2. The lowest BCUT2D eigenvalue weighted by Crippen LogP contribution is -2.60. The molecule has 0 bridgehead atoms. The van der Waals surface area contributed by atoms with E-state index in [-0.39, 0.29) is 12.5 Å². The van der Waals surface area contributed by atoms with E-state index in [0.717, 1.165) is 109 Å². The molecule has 0 saturated carbocycles. The van der Waals surface area contributed by atoms with Crippen molar-refractivity contribution in [3.8, 4) is 0 Å². The summed E-state index contributed by atoms with van der Waals surface area (Å²) in [6.07, 6.45) is 98.9. The molecular weight excluding hydrogens is 1140 g/mol. The molecule has 0 aromatic heterocycles. The Labute approximate surface area is 567 Å². The molecule has 9 heteroatoms. The van der Waals surface area contributed by atoms with E-state index in [4.69, 9.17) is 9.47 Å². The van der Waals surface area contributed by atoms with Crippen molar-refractivity contribution in [1.29, 1.82) is 0 Å². The van der Waals surface area contributed by atoms with E-state index < -0.39 is 49.5 Å². The van der Waals surface area contributed by atoms with Crippen LogP contribution in [0.3, 0.4) is 0 Å². The van der Waals surface area contributed by atoms with Crippen LogP contribution in [0.15, 0.2) is 122 Å². The molecule has 530 valence electrons. The molecule has 1 heterocycles. The number of carbonyl (C=O) groups excluding carboxylic acids is 1. The third-order valence-corrected chi connectivity index (χ3v) is 17.8. The summed E-state index contributed by atoms with van der Waals surface area (Å²) in [5, 5.41) is 54.9.